The Labute approximate surface area is 177 Å². The second-order valence-corrected chi connectivity index (χ2v) is 9.62. The van der Waals surface area contributed by atoms with Gasteiger partial charge in [0.2, 0.25) is 0 Å². The molecule has 10 nitrogen and oxygen atoms in total. The van der Waals surface area contributed by atoms with Crippen molar-refractivity contribution in [2.24, 2.45) is 0 Å². The predicted octanol–water partition coefficient (Wildman–Crippen LogP) is 0.945. The number of aliphatic hydroxyl groups excluding tert-OH is 1. The van der Waals surface area contributed by atoms with Crippen molar-refractivity contribution in [2.45, 2.75) is 29.4 Å². The van der Waals surface area contributed by atoms with Crippen molar-refractivity contribution in [1.29, 1.82) is 0 Å². The number of nitrogens with zero attached hydrogens (tertiary/aromatic N) is 4. The van der Waals surface area contributed by atoms with Crippen LogP contribution < -0.4 is 5.73 Å². The van der Waals surface area contributed by atoms with Gasteiger partial charge >= 0.3 is 0 Å². The largest absolute Gasteiger partial charge is 0.394 e. The molecule has 1 saturated heterocycles. The van der Waals surface area contributed by atoms with Crippen LogP contribution in [0.1, 0.15) is 11.8 Å². The summed E-state index contributed by atoms with van der Waals surface area (Å²) in [5, 5.41) is 9.46. The van der Waals surface area contributed by atoms with E-state index in [4.69, 9.17) is 14.7 Å². The molecule has 0 amide bonds. The SMILES string of the molecule is CS(=O)(=O)OC1C(SCc2ccccc2)C(CO)OC1n1cnc2c(N)ncnc21. The van der Waals surface area contributed by atoms with Gasteiger partial charge in [-0.1, -0.05) is 30.3 Å². The molecule has 0 bridgehead atoms. The van der Waals surface area contributed by atoms with E-state index in [0.29, 0.717) is 16.9 Å². The van der Waals surface area contributed by atoms with Gasteiger partial charge in [-0.05, 0) is 5.56 Å². The summed E-state index contributed by atoms with van der Waals surface area (Å²) in [4.78, 5) is 12.3. The summed E-state index contributed by atoms with van der Waals surface area (Å²) in [6.45, 7) is -0.295. The third-order valence-corrected chi connectivity index (χ3v) is 6.73. The Kier molecular flexibility index (Phi) is 5.93. The first-order valence-corrected chi connectivity index (χ1v) is 12.0. The van der Waals surface area contributed by atoms with Crippen LogP contribution in [0.4, 0.5) is 5.82 Å². The second-order valence-electron chi connectivity index (χ2n) is 6.86. The van der Waals surface area contributed by atoms with E-state index in [1.165, 1.54) is 24.4 Å². The van der Waals surface area contributed by atoms with Gasteiger partial charge in [0, 0.05) is 5.75 Å². The first kappa shape index (κ1) is 21.0. The zero-order valence-corrected chi connectivity index (χ0v) is 17.7. The molecular formula is C18H21N5O5S2. The Bertz CT molecular complexity index is 1120. The number of nitrogen functional groups attached to an aromatic ring is 1. The summed E-state index contributed by atoms with van der Waals surface area (Å²) in [6.07, 6.45) is 1.32. The average molecular weight is 452 g/mol. The van der Waals surface area contributed by atoms with Gasteiger partial charge in [0.1, 0.15) is 17.9 Å². The molecule has 12 heteroatoms. The number of rotatable bonds is 7. The lowest BCUT2D eigenvalue weighted by Crippen LogP contribution is -2.35. The number of aromatic nitrogens is 4. The summed E-state index contributed by atoms with van der Waals surface area (Å²) >= 11 is 1.46. The van der Waals surface area contributed by atoms with Gasteiger partial charge in [0.05, 0.1) is 30.5 Å². The maximum absolute atomic E-state index is 12.0. The lowest BCUT2D eigenvalue weighted by Gasteiger charge is -2.23. The van der Waals surface area contributed by atoms with Crippen molar-refractivity contribution in [3.8, 4) is 0 Å². The van der Waals surface area contributed by atoms with Crippen LogP contribution in [0.5, 0.6) is 0 Å². The Morgan fingerprint density at radius 2 is 2.03 bits per heavy atom. The van der Waals surface area contributed by atoms with Crippen molar-refractivity contribution in [1.82, 2.24) is 19.5 Å². The zero-order valence-electron chi connectivity index (χ0n) is 16.0. The van der Waals surface area contributed by atoms with Crippen LogP contribution in [-0.4, -0.2) is 63.4 Å². The zero-order chi connectivity index (χ0) is 21.3. The molecule has 4 rings (SSSR count). The molecule has 0 aliphatic carbocycles. The van der Waals surface area contributed by atoms with Gasteiger partial charge in [-0.2, -0.15) is 8.42 Å². The van der Waals surface area contributed by atoms with Gasteiger partial charge in [-0.25, -0.2) is 15.0 Å². The minimum atomic E-state index is -3.81. The number of hydrogen-bond donors (Lipinski definition) is 2. The topological polar surface area (TPSA) is 142 Å². The van der Waals surface area contributed by atoms with Gasteiger partial charge in [-0.15, -0.1) is 11.8 Å². The highest BCUT2D eigenvalue weighted by atomic mass is 32.2. The molecule has 0 spiro atoms. The molecule has 2 aromatic heterocycles. The van der Waals surface area contributed by atoms with E-state index < -0.39 is 33.8 Å². The highest BCUT2D eigenvalue weighted by Gasteiger charge is 2.48. The summed E-state index contributed by atoms with van der Waals surface area (Å²) < 4.78 is 37.1. The maximum Gasteiger partial charge on any atom is 0.264 e. The Hall–Kier alpha value is -2.25. The number of nitrogens with two attached hydrogens (primary N) is 1. The number of thioether (sulfide) groups is 1. The summed E-state index contributed by atoms with van der Waals surface area (Å²) in [5.74, 6) is 0.799. The molecule has 3 N–H and O–H groups in total. The van der Waals surface area contributed by atoms with Crippen molar-refractivity contribution < 1.29 is 22.4 Å². The summed E-state index contributed by atoms with van der Waals surface area (Å²) in [7, 11) is -3.81. The van der Waals surface area contributed by atoms with Crippen LogP contribution in [-0.2, 0) is 24.8 Å². The van der Waals surface area contributed by atoms with Crippen LogP contribution in [0.15, 0.2) is 43.0 Å². The molecule has 3 heterocycles. The fraction of sp³-hybridized carbons (Fsp3) is 0.389. The maximum atomic E-state index is 12.0. The normalized spacial score (nSPS) is 24.5. The molecule has 4 unspecified atom stereocenters. The standard InChI is InChI=1S/C18H21N5O5S2/c1-30(25,26)28-14-15(29-8-11-5-3-2-4-6-11)12(7-24)27-18(14)23-10-22-13-16(19)20-9-21-17(13)23/h2-6,9-10,12,14-15,18,24H,7-8H2,1H3,(H2,19,20,21). The molecule has 1 aliphatic heterocycles. The Morgan fingerprint density at radius 1 is 1.27 bits per heavy atom. The third-order valence-electron chi connectivity index (χ3n) is 4.70. The Morgan fingerprint density at radius 3 is 2.73 bits per heavy atom. The minimum absolute atomic E-state index is 0.200. The van der Waals surface area contributed by atoms with Gasteiger partial charge < -0.3 is 15.6 Å². The first-order chi connectivity index (χ1) is 14.4. The second kappa shape index (κ2) is 8.47. The number of anilines is 1. The van der Waals surface area contributed by atoms with E-state index in [0.717, 1.165) is 11.8 Å². The molecular weight excluding hydrogens is 430 g/mol. The van der Waals surface area contributed by atoms with Crippen LogP contribution in [0, 0.1) is 0 Å². The molecule has 3 aromatic rings. The van der Waals surface area contributed by atoms with Crippen molar-refractivity contribution in [3.63, 3.8) is 0 Å². The Balaban J connectivity index is 1.69. The number of benzene rings is 1. The molecule has 0 saturated carbocycles. The third kappa shape index (κ3) is 4.27. The fourth-order valence-electron chi connectivity index (χ4n) is 3.41. The lowest BCUT2D eigenvalue weighted by atomic mass is 10.2. The van der Waals surface area contributed by atoms with E-state index in [-0.39, 0.29) is 12.4 Å². The molecule has 30 heavy (non-hydrogen) atoms. The van der Waals surface area contributed by atoms with Crippen molar-refractivity contribution >= 4 is 38.9 Å². The predicted molar refractivity (Wildman–Crippen MR) is 112 cm³/mol. The highest BCUT2D eigenvalue weighted by Crippen LogP contribution is 2.41. The lowest BCUT2D eigenvalue weighted by molar-refractivity contribution is -0.0425. The van der Waals surface area contributed by atoms with Gasteiger partial charge in [0.25, 0.3) is 10.1 Å². The molecule has 0 radical (unpaired) electrons. The van der Waals surface area contributed by atoms with E-state index in [9.17, 15) is 13.5 Å². The molecule has 160 valence electrons. The first-order valence-electron chi connectivity index (χ1n) is 9.10. The van der Waals surface area contributed by atoms with Crippen LogP contribution in [0.3, 0.4) is 0 Å². The van der Waals surface area contributed by atoms with E-state index >= 15 is 0 Å². The number of fused-ring (bicyclic) bond motifs is 1. The number of ether oxygens (including phenoxy) is 1. The van der Waals surface area contributed by atoms with Crippen molar-refractivity contribution in [2.75, 3.05) is 18.6 Å². The highest BCUT2D eigenvalue weighted by molar-refractivity contribution is 7.99. The number of imidazole rings is 1. The minimum Gasteiger partial charge on any atom is -0.394 e. The van der Waals surface area contributed by atoms with Gasteiger partial charge in [0.15, 0.2) is 17.7 Å². The quantitative estimate of drug-likeness (QED) is 0.498. The van der Waals surface area contributed by atoms with Crippen LogP contribution in [0.2, 0.25) is 0 Å². The summed E-state index contributed by atoms with van der Waals surface area (Å²) in [6, 6.07) is 9.74. The average Bonchev–Trinajstić information content (AvgIpc) is 3.28. The number of aliphatic hydroxyl groups is 1. The van der Waals surface area contributed by atoms with Crippen molar-refractivity contribution in [3.05, 3.63) is 48.5 Å². The fourth-order valence-corrected chi connectivity index (χ4v) is 5.42. The van der Waals surface area contributed by atoms with Crippen LogP contribution in [0.25, 0.3) is 11.2 Å². The van der Waals surface area contributed by atoms with E-state index in [1.54, 1.807) is 4.57 Å². The molecule has 1 aromatic carbocycles. The summed E-state index contributed by atoms with van der Waals surface area (Å²) in [5.41, 5.74) is 7.69. The molecule has 4 atom stereocenters. The van der Waals surface area contributed by atoms with E-state index in [1.807, 2.05) is 30.3 Å². The number of hydrogen-bond acceptors (Lipinski definition) is 10. The van der Waals surface area contributed by atoms with Crippen LogP contribution >= 0.6 is 11.8 Å². The molecule has 1 fully saturated rings. The van der Waals surface area contributed by atoms with E-state index in [2.05, 4.69) is 15.0 Å². The van der Waals surface area contributed by atoms with Gasteiger partial charge in [-0.3, -0.25) is 8.75 Å². The molecule has 1 aliphatic rings. The smallest absolute Gasteiger partial charge is 0.264 e. The monoisotopic (exact) mass is 451 g/mol.